The number of hydrogen-bond donors (Lipinski definition) is 1. The van der Waals surface area contributed by atoms with E-state index in [0.717, 1.165) is 24.0 Å². The fourth-order valence-electron chi connectivity index (χ4n) is 3.22. The molecular weight excluding hydrogens is 343 g/mol. The lowest BCUT2D eigenvalue weighted by atomic mass is 10.0. The number of ether oxygens (including phenoxy) is 2. The first kappa shape index (κ1) is 18.4. The van der Waals surface area contributed by atoms with Crippen LogP contribution >= 0.6 is 0 Å². The number of nitrogen functional groups attached to an aromatic ring is 1. The molecule has 0 saturated heterocycles. The Balaban J connectivity index is 1.70. The van der Waals surface area contributed by atoms with E-state index in [1.54, 1.807) is 18.2 Å². The molecule has 0 heterocycles. The number of rotatable bonds is 4. The third-order valence-electron chi connectivity index (χ3n) is 4.53. The molecule has 1 fully saturated rings. The molecule has 0 atom stereocenters. The Labute approximate surface area is 150 Å². The summed E-state index contributed by atoms with van der Waals surface area (Å²) in [7, 11) is 0. The first-order chi connectivity index (χ1) is 12.4. The fraction of sp³-hybridized carbons (Fsp3) is 0.400. The highest BCUT2D eigenvalue weighted by Gasteiger charge is 2.30. The van der Waals surface area contributed by atoms with Crippen molar-refractivity contribution >= 4 is 5.69 Å². The van der Waals surface area contributed by atoms with E-state index in [9.17, 15) is 13.2 Å². The van der Waals surface area contributed by atoms with E-state index in [4.69, 9.17) is 10.5 Å². The predicted molar refractivity (Wildman–Crippen MR) is 95.1 cm³/mol. The lowest BCUT2D eigenvalue weighted by Crippen LogP contribution is -2.16. The standard InChI is InChI=1S/C20H22F3NO2/c21-20(22,23)26-17-10-7-14(8-11-17)15-9-12-19(18(24)13-15)25-16-5-3-1-2-4-6-16/h7-13,16H,1-6,24H2. The van der Waals surface area contributed by atoms with Crippen molar-refractivity contribution in [3.63, 3.8) is 0 Å². The predicted octanol–water partition coefficient (Wildman–Crippen LogP) is 5.94. The maximum absolute atomic E-state index is 12.2. The Morgan fingerprint density at radius 2 is 1.46 bits per heavy atom. The zero-order valence-corrected chi connectivity index (χ0v) is 14.4. The van der Waals surface area contributed by atoms with Crippen molar-refractivity contribution in [2.45, 2.75) is 51.0 Å². The number of halogens is 3. The van der Waals surface area contributed by atoms with Gasteiger partial charge >= 0.3 is 6.36 Å². The summed E-state index contributed by atoms with van der Waals surface area (Å²) in [6.45, 7) is 0. The van der Waals surface area contributed by atoms with E-state index in [2.05, 4.69) is 4.74 Å². The van der Waals surface area contributed by atoms with Crippen molar-refractivity contribution in [2.24, 2.45) is 0 Å². The molecule has 26 heavy (non-hydrogen) atoms. The SMILES string of the molecule is Nc1cc(-c2ccc(OC(F)(F)F)cc2)ccc1OC1CCCCCC1. The topological polar surface area (TPSA) is 44.5 Å². The van der Waals surface area contributed by atoms with Gasteiger partial charge in [-0.2, -0.15) is 0 Å². The average Bonchev–Trinajstić information content (AvgIpc) is 2.85. The van der Waals surface area contributed by atoms with Gasteiger partial charge in [-0.1, -0.05) is 31.0 Å². The van der Waals surface area contributed by atoms with Crippen molar-refractivity contribution < 1.29 is 22.6 Å². The van der Waals surface area contributed by atoms with Crippen LogP contribution in [0, 0.1) is 0 Å². The summed E-state index contributed by atoms with van der Waals surface area (Å²) < 4.78 is 46.6. The second-order valence-electron chi connectivity index (χ2n) is 6.56. The second kappa shape index (κ2) is 7.89. The van der Waals surface area contributed by atoms with Crippen molar-refractivity contribution in [1.82, 2.24) is 0 Å². The van der Waals surface area contributed by atoms with Gasteiger partial charge in [0.25, 0.3) is 0 Å². The monoisotopic (exact) mass is 365 g/mol. The molecule has 3 rings (SSSR count). The Morgan fingerprint density at radius 3 is 2.04 bits per heavy atom. The van der Waals surface area contributed by atoms with Gasteiger partial charge in [-0.25, -0.2) is 0 Å². The van der Waals surface area contributed by atoms with Gasteiger partial charge < -0.3 is 15.2 Å². The zero-order chi connectivity index (χ0) is 18.6. The van der Waals surface area contributed by atoms with Crippen LogP contribution in [0.5, 0.6) is 11.5 Å². The number of nitrogens with two attached hydrogens (primary N) is 1. The first-order valence-electron chi connectivity index (χ1n) is 8.83. The van der Waals surface area contributed by atoms with Gasteiger partial charge in [0, 0.05) is 0 Å². The van der Waals surface area contributed by atoms with Crippen molar-refractivity contribution in [2.75, 3.05) is 5.73 Å². The molecule has 0 unspecified atom stereocenters. The maximum atomic E-state index is 12.2. The zero-order valence-electron chi connectivity index (χ0n) is 14.4. The highest BCUT2D eigenvalue weighted by atomic mass is 19.4. The van der Waals surface area contributed by atoms with Crippen molar-refractivity contribution in [1.29, 1.82) is 0 Å². The van der Waals surface area contributed by atoms with E-state index < -0.39 is 6.36 Å². The van der Waals surface area contributed by atoms with Gasteiger partial charge in [0.1, 0.15) is 11.5 Å². The molecule has 0 aliphatic heterocycles. The molecule has 0 radical (unpaired) electrons. The highest BCUT2D eigenvalue weighted by Crippen LogP contribution is 2.32. The molecule has 2 N–H and O–H groups in total. The third kappa shape index (κ3) is 5.07. The summed E-state index contributed by atoms with van der Waals surface area (Å²) in [6.07, 6.45) is 2.45. The summed E-state index contributed by atoms with van der Waals surface area (Å²) in [5, 5.41) is 0. The normalized spacial score (nSPS) is 16.1. The summed E-state index contributed by atoms with van der Waals surface area (Å²) >= 11 is 0. The molecule has 140 valence electrons. The molecule has 0 bridgehead atoms. The van der Waals surface area contributed by atoms with Crippen LogP contribution in [0.1, 0.15) is 38.5 Å². The van der Waals surface area contributed by atoms with Crippen LogP contribution in [0.2, 0.25) is 0 Å². The Bertz CT molecular complexity index is 721. The van der Waals surface area contributed by atoms with Gasteiger partial charge in [-0.3, -0.25) is 0 Å². The van der Waals surface area contributed by atoms with Gasteiger partial charge in [0.05, 0.1) is 11.8 Å². The van der Waals surface area contributed by atoms with Crippen molar-refractivity contribution in [3.05, 3.63) is 42.5 Å². The molecule has 2 aromatic carbocycles. The molecule has 0 amide bonds. The van der Waals surface area contributed by atoms with E-state index in [0.29, 0.717) is 11.4 Å². The molecule has 2 aromatic rings. The lowest BCUT2D eigenvalue weighted by Gasteiger charge is -2.19. The molecule has 0 spiro atoms. The molecule has 0 aromatic heterocycles. The molecule has 1 saturated carbocycles. The largest absolute Gasteiger partial charge is 0.573 e. The van der Waals surface area contributed by atoms with Gasteiger partial charge in [-0.15, -0.1) is 13.2 Å². The fourth-order valence-corrected chi connectivity index (χ4v) is 3.22. The van der Waals surface area contributed by atoms with E-state index in [-0.39, 0.29) is 11.9 Å². The van der Waals surface area contributed by atoms with Crippen LogP contribution in [-0.4, -0.2) is 12.5 Å². The lowest BCUT2D eigenvalue weighted by molar-refractivity contribution is -0.274. The minimum Gasteiger partial charge on any atom is -0.488 e. The maximum Gasteiger partial charge on any atom is 0.573 e. The van der Waals surface area contributed by atoms with Gasteiger partial charge in [0.15, 0.2) is 0 Å². The van der Waals surface area contributed by atoms with Gasteiger partial charge in [0.2, 0.25) is 0 Å². The van der Waals surface area contributed by atoms with Crippen LogP contribution in [0.4, 0.5) is 18.9 Å². The Morgan fingerprint density at radius 1 is 0.846 bits per heavy atom. The Kier molecular flexibility index (Phi) is 5.59. The highest BCUT2D eigenvalue weighted by molar-refractivity contribution is 5.71. The molecule has 1 aliphatic carbocycles. The van der Waals surface area contributed by atoms with Crippen LogP contribution < -0.4 is 15.2 Å². The van der Waals surface area contributed by atoms with Crippen molar-refractivity contribution in [3.8, 4) is 22.6 Å². The molecule has 6 heteroatoms. The third-order valence-corrected chi connectivity index (χ3v) is 4.53. The minimum absolute atomic E-state index is 0.199. The number of hydrogen-bond acceptors (Lipinski definition) is 3. The number of benzene rings is 2. The first-order valence-corrected chi connectivity index (χ1v) is 8.83. The van der Waals surface area contributed by atoms with Gasteiger partial charge in [-0.05, 0) is 61.1 Å². The summed E-state index contributed by atoms with van der Waals surface area (Å²) in [4.78, 5) is 0. The van der Waals surface area contributed by atoms with E-state index in [1.807, 2.05) is 12.1 Å². The van der Waals surface area contributed by atoms with E-state index in [1.165, 1.54) is 37.8 Å². The number of anilines is 1. The second-order valence-corrected chi connectivity index (χ2v) is 6.56. The summed E-state index contributed by atoms with van der Waals surface area (Å²) in [5.74, 6) is 0.417. The number of alkyl halides is 3. The minimum atomic E-state index is -4.69. The summed E-state index contributed by atoms with van der Waals surface area (Å²) in [6, 6.07) is 11.2. The molecular formula is C20H22F3NO2. The molecule has 1 aliphatic rings. The van der Waals surface area contributed by atoms with Crippen LogP contribution in [-0.2, 0) is 0 Å². The van der Waals surface area contributed by atoms with Crippen LogP contribution in [0.25, 0.3) is 11.1 Å². The van der Waals surface area contributed by atoms with Crippen LogP contribution in [0.3, 0.4) is 0 Å². The van der Waals surface area contributed by atoms with E-state index >= 15 is 0 Å². The quantitative estimate of drug-likeness (QED) is 0.539. The summed E-state index contributed by atoms with van der Waals surface area (Å²) in [5.41, 5.74) is 8.23. The average molecular weight is 365 g/mol. The smallest absolute Gasteiger partial charge is 0.488 e. The molecule has 3 nitrogen and oxygen atoms in total. The Hall–Kier alpha value is -2.37. The van der Waals surface area contributed by atoms with Crippen LogP contribution in [0.15, 0.2) is 42.5 Å².